The van der Waals surface area contributed by atoms with E-state index in [9.17, 15) is 4.79 Å². The lowest BCUT2D eigenvalue weighted by atomic mass is 10.2. The zero-order chi connectivity index (χ0) is 16.3. The summed E-state index contributed by atoms with van der Waals surface area (Å²) in [5.74, 6) is 0.696. The largest absolute Gasteiger partial charge is 0.497 e. The van der Waals surface area contributed by atoms with E-state index in [2.05, 4.69) is 15.8 Å². The number of ether oxygens (including phenoxy) is 1. The summed E-state index contributed by atoms with van der Waals surface area (Å²) in [7, 11) is 1.62. The highest BCUT2D eigenvalue weighted by Gasteiger charge is 1.99. The molecule has 0 aliphatic rings. The molecule has 0 aliphatic carbocycles. The first-order valence-corrected chi connectivity index (χ1v) is 7.53. The molecule has 0 saturated heterocycles. The lowest BCUT2D eigenvalue weighted by molar-refractivity contribution is -0.121. The molecule has 0 spiro atoms. The summed E-state index contributed by atoms with van der Waals surface area (Å²) in [6.45, 7) is 0.750. The number of hydrogen-bond acceptors (Lipinski definition) is 4. The van der Waals surface area contributed by atoms with Crippen LogP contribution in [-0.4, -0.2) is 25.8 Å². The van der Waals surface area contributed by atoms with Crippen LogP contribution < -0.4 is 15.5 Å². The van der Waals surface area contributed by atoms with Gasteiger partial charge in [-0.25, -0.2) is 5.43 Å². The standard InChI is InChI=1S/C18H21N3O2/c1-23-17-11-9-15(10-12-17)14-20-21-18(22)8-5-13-19-16-6-3-2-4-7-16/h2-4,6-7,9-12,14,19H,5,8,13H2,1H3,(H,21,22). The van der Waals surface area contributed by atoms with Crippen molar-refractivity contribution in [2.24, 2.45) is 5.10 Å². The molecular formula is C18H21N3O2. The Kier molecular flexibility index (Phi) is 6.65. The van der Waals surface area contributed by atoms with Crippen molar-refractivity contribution in [2.75, 3.05) is 19.0 Å². The second-order valence-corrected chi connectivity index (χ2v) is 4.96. The fourth-order valence-electron chi connectivity index (χ4n) is 1.96. The number of carbonyl (C=O) groups is 1. The van der Waals surface area contributed by atoms with Gasteiger partial charge in [-0.3, -0.25) is 4.79 Å². The number of para-hydroxylation sites is 1. The van der Waals surface area contributed by atoms with Crippen molar-refractivity contribution in [1.82, 2.24) is 5.43 Å². The molecule has 2 rings (SSSR count). The highest BCUT2D eigenvalue weighted by Crippen LogP contribution is 2.09. The number of anilines is 1. The highest BCUT2D eigenvalue weighted by atomic mass is 16.5. The predicted octanol–water partition coefficient (Wildman–Crippen LogP) is 3.04. The third kappa shape index (κ3) is 6.22. The van der Waals surface area contributed by atoms with Crippen molar-refractivity contribution in [1.29, 1.82) is 0 Å². The van der Waals surface area contributed by atoms with E-state index < -0.39 is 0 Å². The molecule has 0 aliphatic heterocycles. The van der Waals surface area contributed by atoms with Crippen LogP contribution in [0, 0.1) is 0 Å². The maximum Gasteiger partial charge on any atom is 0.240 e. The molecule has 0 fully saturated rings. The van der Waals surface area contributed by atoms with E-state index in [1.165, 1.54) is 0 Å². The Morgan fingerprint density at radius 1 is 1.13 bits per heavy atom. The molecule has 0 unspecified atom stereocenters. The van der Waals surface area contributed by atoms with Crippen LogP contribution in [0.2, 0.25) is 0 Å². The SMILES string of the molecule is COc1ccc(C=NNC(=O)CCCNc2ccccc2)cc1. The van der Waals surface area contributed by atoms with E-state index in [1.54, 1.807) is 13.3 Å². The number of amides is 1. The van der Waals surface area contributed by atoms with Crippen molar-refractivity contribution in [3.63, 3.8) is 0 Å². The van der Waals surface area contributed by atoms with Gasteiger partial charge in [0.2, 0.25) is 5.91 Å². The zero-order valence-corrected chi connectivity index (χ0v) is 13.2. The van der Waals surface area contributed by atoms with Gasteiger partial charge in [0, 0.05) is 18.7 Å². The van der Waals surface area contributed by atoms with Gasteiger partial charge in [-0.05, 0) is 48.4 Å². The summed E-state index contributed by atoms with van der Waals surface area (Å²) < 4.78 is 5.08. The number of nitrogens with one attached hydrogen (secondary N) is 2. The monoisotopic (exact) mass is 311 g/mol. The lowest BCUT2D eigenvalue weighted by Gasteiger charge is -2.05. The van der Waals surface area contributed by atoms with E-state index in [0.29, 0.717) is 6.42 Å². The van der Waals surface area contributed by atoms with E-state index >= 15 is 0 Å². The molecule has 0 saturated carbocycles. The smallest absolute Gasteiger partial charge is 0.240 e. The minimum Gasteiger partial charge on any atom is -0.497 e. The third-order valence-corrected chi connectivity index (χ3v) is 3.20. The van der Waals surface area contributed by atoms with Gasteiger partial charge in [-0.1, -0.05) is 18.2 Å². The molecule has 23 heavy (non-hydrogen) atoms. The van der Waals surface area contributed by atoms with Gasteiger partial charge in [0.1, 0.15) is 5.75 Å². The molecule has 0 bridgehead atoms. The van der Waals surface area contributed by atoms with Gasteiger partial charge in [0.25, 0.3) is 0 Å². The second-order valence-electron chi connectivity index (χ2n) is 4.96. The van der Waals surface area contributed by atoms with Gasteiger partial charge in [0.15, 0.2) is 0 Å². The number of carbonyl (C=O) groups excluding carboxylic acids is 1. The molecule has 0 heterocycles. The maximum absolute atomic E-state index is 11.7. The van der Waals surface area contributed by atoms with Crippen LogP contribution in [0.25, 0.3) is 0 Å². The molecule has 2 N–H and O–H groups in total. The minimum atomic E-state index is -0.0929. The van der Waals surface area contributed by atoms with Crippen LogP contribution in [0.5, 0.6) is 5.75 Å². The van der Waals surface area contributed by atoms with E-state index in [0.717, 1.165) is 30.0 Å². The number of hydrazone groups is 1. The van der Waals surface area contributed by atoms with E-state index in [-0.39, 0.29) is 5.91 Å². The molecule has 0 aromatic heterocycles. The Labute approximate surface area is 136 Å². The average molecular weight is 311 g/mol. The summed E-state index contributed by atoms with van der Waals surface area (Å²) in [5.41, 5.74) is 4.49. The molecule has 2 aromatic carbocycles. The second kappa shape index (κ2) is 9.25. The van der Waals surface area contributed by atoms with Crippen molar-refractivity contribution in [3.8, 4) is 5.75 Å². The first kappa shape index (κ1) is 16.5. The number of rotatable bonds is 8. The molecule has 0 radical (unpaired) electrons. The molecule has 120 valence electrons. The van der Waals surface area contributed by atoms with E-state index in [1.807, 2.05) is 54.6 Å². The predicted molar refractivity (Wildman–Crippen MR) is 92.9 cm³/mol. The van der Waals surface area contributed by atoms with Crippen molar-refractivity contribution >= 4 is 17.8 Å². The molecule has 0 atom stereocenters. The van der Waals surface area contributed by atoms with Crippen LogP contribution in [0.3, 0.4) is 0 Å². The zero-order valence-electron chi connectivity index (χ0n) is 13.2. The summed E-state index contributed by atoms with van der Waals surface area (Å²) >= 11 is 0. The summed E-state index contributed by atoms with van der Waals surface area (Å²) in [5, 5.41) is 7.21. The van der Waals surface area contributed by atoms with Crippen LogP contribution in [0.4, 0.5) is 5.69 Å². The van der Waals surface area contributed by atoms with E-state index in [4.69, 9.17) is 4.74 Å². The van der Waals surface area contributed by atoms with Crippen LogP contribution >= 0.6 is 0 Å². The van der Waals surface area contributed by atoms with Gasteiger partial charge in [-0.15, -0.1) is 0 Å². The molecular weight excluding hydrogens is 290 g/mol. The van der Waals surface area contributed by atoms with Crippen LogP contribution in [-0.2, 0) is 4.79 Å². The number of methoxy groups -OCH3 is 1. The topological polar surface area (TPSA) is 62.7 Å². The lowest BCUT2D eigenvalue weighted by Crippen LogP contribution is -2.18. The molecule has 1 amide bonds. The fraction of sp³-hybridized carbons (Fsp3) is 0.222. The number of hydrogen-bond donors (Lipinski definition) is 2. The quantitative estimate of drug-likeness (QED) is 0.447. The molecule has 2 aromatic rings. The van der Waals surface area contributed by atoms with Crippen molar-refractivity contribution in [3.05, 3.63) is 60.2 Å². The Hall–Kier alpha value is -2.82. The van der Waals surface area contributed by atoms with Crippen LogP contribution in [0.1, 0.15) is 18.4 Å². The van der Waals surface area contributed by atoms with Gasteiger partial charge < -0.3 is 10.1 Å². The Morgan fingerprint density at radius 2 is 1.87 bits per heavy atom. The summed E-state index contributed by atoms with van der Waals surface area (Å²) in [6.07, 6.45) is 2.79. The minimum absolute atomic E-state index is 0.0929. The molecule has 5 heteroatoms. The molecule has 5 nitrogen and oxygen atoms in total. The number of benzene rings is 2. The average Bonchev–Trinajstić information content (AvgIpc) is 2.60. The first-order chi connectivity index (χ1) is 11.3. The Bertz CT molecular complexity index is 624. The Morgan fingerprint density at radius 3 is 2.57 bits per heavy atom. The van der Waals surface area contributed by atoms with Gasteiger partial charge in [0.05, 0.1) is 13.3 Å². The highest BCUT2D eigenvalue weighted by molar-refractivity contribution is 5.82. The van der Waals surface area contributed by atoms with Crippen molar-refractivity contribution < 1.29 is 9.53 Å². The maximum atomic E-state index is 11.7. The first-order valence-electron chi connectivity index (χ1n) is 7.53. The van der Waals surface area contributed by atoms with Crippen molar-refractivity contribution in [2.45, 2.75) is 12.8 Å². The van der Waals surface area contributed by atoms with Crippen LogP contribution in [0.15, 0.2) is 59.7 Å². The van der Waals surface area contributed by atoms with Gasteiger partial charge >= 0.3 is 0 Å². The van der Waals surface area contributed by atoms with Gasteiger partial charge in [-0.2, -0.15) is 5.10 Å². The normalized spacial score (nSPS) is 10.5. The fourth-order valence-corrected chi connectivity index (χ4v) is 1.96. The number of nitrogens with zero attached hydrogens (tertiary/aromatic N) is 1. The summed E-state index contributed by atoms with van der Waals surface area (Å²) in [4.78, 5) is 11.7. The Balaban J connectivity index is 1.63. The third-order valence-electron chi connectivity index (χ3n) is 3.20. The summed E-state index contributed by atoms with van der Waals surface area (Å²) in [6, 6.07) is 17.4.